The maximum absolute atomic E-state index is 13.7. The Kier molecular flexibility index (Phi) is 7.93. The Morgan fingerprint density at radius 2 is 1.86 bits per heavy atom. The highest BCUT2D eigenvalue weighted by Gasteiger charge is 2.33. The molecule has 192 valence electrons. The summed E-state index contributed by atoms with van der Waals surface area (Å²) in [6.07, 6.45) is 3.48. The minimum Gasteiger partial charge on any atom is -0.493 e. The van der Waals surface area contributed by atoms with E-state index >= 15 is 0 Å². The van der Waals surface area contributed by atoms with Crippen LogP contribution in [0.1, 0.15) is 31.0 Å². The Bertz CT molecular complexity index is 1530. The molecule has 4 rings (SSSR count). The van der Waals surface area contributed by atoms with Gasteiger partial charge in [-0.25, -0.2) is 9.79 Å². The SMILES string of the molecule is C=CCOc1ccc(/C=c2/sc3n(c2=O)[C@H](c2ccc(OC)c(OC)c2)C(C(=O)OCC)=C(C)N=3)cc1. The second kappa shape index (κ2) is 11.3. The number of esters is 1. The van der Waals surface area contributed by atoms with E-state index in [1.165, 1.54) is 18.4 Å². The average Bonchev–Trinajstić information content (AvgIpc) is 3.21. The summed E-state index contributed by atoms with van der Waals surface area (Å²) in [4.78, 5) is 31.9. The van der Waals surface area contributed by atoms with Crippen LogP contribution in [0.5, 0.6) is 17.2 Å². The third kappa shape index (κ3) is 5.22. The molecular formula is C28H28N2O6S. The van der Waals surface area contributed by atoms with E-state index in [2.05, 4.69) is 11.6 Å². The summed E-state index contributed by atoms with van der Waals surface area (Å²) in [5, 5.41) is 0. The standard InChI is InChI=1S/C28H28N2O6S/c1-6-14-36-20-11-8-18(9-12-20)15-23-26(31)30-25(19-10-13-21(33-4)22(16-19)34-5)24(27(32)35-7-2)17(3)29-28(30)37-23/h6,8-13,15-16,25H,1,7,14H2,2-5H3/b23-15+/t25-/m1/s1. The number of benzene rings is 2. The van der Waals surface area contributed by atoms with Gasteiger partial charge in [-0.15, -0.1) is 0 Å². The van der Waals surface area contributed by atoms with Crippen LogP contribution in [0.25, 0.3) is 6.08 Å². The number of fused-ring (bicyclic) bond motifs is 1. The smallest absolute Gasteiger partial charge is 0.338 e. The number of ether oxygens (including phenoxy) is 4. The summed E-state index contributed by atoms with van der Waals surface area (Å²) in [5.41, 5.74) is 2.04. The molecule has 0 saturated carbocycles. The summed E-state index contributed by atoms with van der Waals surface area (Å²) in [5.74, 6) is 1.21. The summed E-state index contributed by atoms with van der Waals surface area (Å²) in [6.45, 7) is 7.75. The van der Waals surface area contributed by atoms with Crippen LogP contribution in [-0.4, -0.2) is 38.0 Å². The second-order valence-corrected chi connectivity index (χ2v) is 9.09. The molecule has 0 unspecified atom stereocenters. The second-order valence-electron chi connectivity index (χ2n) is 8.09. The number of rotatable bonds is 9. The van der Waals surface area contributed by atoms with Crippen LogP contribution in [0, 0.1) is 0 Å². The fraction of sp³-hybridized carbons (Fsp3) is 0.250. The highest BCUT2D eigenvalue weighted by Crippen LogP contribution is 2.36. The van der Waals surface area contributed by atoms with E-state index in [1.807, 2.05) is 30.3 Å². The van der Waals surface area contributed by atoms with Crippen molar-refractivity contribution < 1.29 is 23.7 Å². The van der Waals surface area contributed by atoms with Crippen molar-refractivity contribution >= 4 is 23.4 Å². The highest BCUT2D eigenvalue weighted by atomic mass is 32.1. The summed E-state index contributed by atoms with van der Waals surface area (Å²) in [6, 6.07) is 12.0. The summed E-state index contributed by atoms with van der Waals surface area (Å²) >= 11 is 1.26. The molecule has 0 saturated heterocycles. The minimum atomic E-state index is -0.744. The zero-order valence-electron chi connectivity index (χ0n) is 21.1. The first kappa shape index (κ1) is 26.0. The average molecular weight is 521 g/mol. The third-order valence-electron chi connectivity index (χ3n) is 5.79. The van der Waals surface area contributed by atoms with Crippen molar-refractivity contribution in [2.24, 2.45) is 4.99 Å². The van der Waals surface area contributed by atoms with Crippen molar-refractivity contribution in [1.82, 2.24) is 4.57 Å². The van der Waals surface area contributed by atoms with Crippen molar-refractivity contribution in [2.75, 3.05) is 27.4 Å². The number of hydrogen-bond donors (Lipinski definition) is 0. The third-order valence-corrected chi connectivity index (χ3v) is 6.77. The maximum Gasteiger partial charge on any atom is 0.338 e. The van der Waals surface area contributed by atoms with Crippen LogP contribution in [0.15, 0.2) is 76.2 Å². The lowest BCUT2D eigenvalue weighted by Gasteiger charge is -2.25. The number of allylic oxidation sites excluding steroid dienone is 1. The fourth-order valence-corrected chi connectivity index (χ4v) is 5.14. The van der Waals surface area contributed by atoms with Gasteiger partial charge in [-0.05, 0) is 55.3 Å². The molecule has 1 aliphatic heterocycles. The van der Waals surface area contributed by atoms with Crippen LogP contribution < -0.4 is 29.1 Å². The predicted molar refractivity (Wildman–Crippen MR) is 142 cm³/mol. The first-order valence-corrected chi connectivity index (χ1v) is 12.5. The molecule has 1 aromatic heterocycles. The van der Waals surface area contributed by atoms with Gasteiger partial charge in [-0.2, -0.15) is 0 Å². The molecule has 1 atom stereocenters. The summed E-state index contributed by atoms with van der Waals surface area (Å²) in [7, 11) is 3.08. The first-order valence-electron chi connectivity index (χ1n) is 11.7. The Morgan fingerprint density at radius 3 is 2.51 bits per heavy atom. The molecule has 3 aromatic rings. The van der Waals surface area contributed by atoms with E-state index in [0.717, 1.165) is 5.56 Å². The minimum absolute atomic E-state index is 0.200. The van der Waals surface area contributed by atoms with Crippen LogP contribution in [0.3, 0.4) is 0 Å². The number of thiazole rings is 1. The van der Waals surface area contributed by atoms with Gasteiger partial charge in [0.2, 0.25) is 0 Å². The van der Waals surface area contributed by atoms with Crippen molar-refractivity contribution in [2.45, 2.75) is 19.9 Å². The largest absolute Gasteiger partial charge is 0.493 e. The van der Waals surface area contributed by atoms with Crippen LogP contribution in [-0.2, 0) is 9.53 Å². The molecule has 9 heteroatoms. The van der Waals surface area contributed by atoms with Crippen molar-refractivity contribution in [3.05, 3.63) is 97.2 Å². The zero-order valence-corrected chi connectivity index (χ0v) is 22.0. The molecular weight excluding hydrogens is 492 g/mol. The molecule has 0 N–H and O–H groups in total. The van der Waals surface area contributed by atoms with Crippen molar-refractivity contribution in [3.8, 4) is 17.2 Å². The van der Waals surface area contributed by atoms with Gasteiger partial charge in [0.25, 0.3) is 5.56 Å². The molecule has 1 aliphatic rings. The molecule has 37 heavy (non-hydrogen) atoms. The number of carbonyl (C=O) groups excluding carboxylic acids is 1. The van der Waals surface area contributed by atoms with Gasteiger partial charge in [0.1, 0.15) is 12.4 Å². The molecule has 2 heterocycles. The molecule has 0 spiro atoms. The van der Waals surface area contributed by atoms with Crippen LogP contribution in [0.4, 0.5) is 0 Å². The lowest BCUT2D eigenvalue weighted by Crippen LogP contribution is -2.39. The number of hydrogen-bond acceptors (Lipinski definition) is 8. The Hall–Kier alpha value is -4.11. The molecule has 0 amide bonds. The zero-order chi connectivity index (χ0) is 26.5. The molecule has 2 aromatic carbocycles. The molecule has 0 bridgehead atoms. The number of methoxy groups -OCH3 is 2. The van der Waals surface area contributed by atoms with Crippen molar-refractivity contribution in [3.63, 3.8) is 0 Å². The first-order chi connectivity index (χ1) is 17.9. The number of aromatic nitrogens is 1. The van der Waals surface area contributed by atoms with E-state index in [4.69, 9.17) is 18.9 Å². The number of carbonyl (C=O) groups is 1. The maximum atomic E-state index is 13.7. The fourth-order valence-electron chi connectivity index (χ4n) is 4.10. The van der Waals surface area contributed by atoms with E-state index in [-0.39, 0.29) is 12.2 Å². The number of nitrogens with zero attached hydrogens (tertiary/aromatic N) is 2. The molecule has 0 aliphatic carbocycles. The Balaban J connectivity index is 1.87. The van der Waals surface area contributed by atoms with Gasteiger partial charge in [0.15, 0.2) is 16.3 Å². The predicted octanol–water partition coefficient (Wildman–Crippen LogP) is 3.38. The van der Waals surface area contributed by atoms with Gasteiger partial charge >= 0.3 is 5.97 Å². The Morgan fingerprint density at radius 1 is 1.14 bits per heavy atom. The van der Waals surface area contributed by atoms with Crippen molar-refractivity contribution in [1.29, 1.82) is 0 Å². The normalized spacial score (nSPS) is 15.0. The molecule has 0 fully saturated rings. The highest BCUT2D eigenvalue weighted by molar-refractivity contribution is 7.07. The van der Waals surface area contributed by atoms with Gasteiger partial charge in [-0.3, -0.25) is 9.36 Å². The van der Waals surface area contributed by atoms with Gasteiger partial charge in [0.05, 0.1) is 42.7 Å². The van der Waals surface area contributed by atoms with Gasteiger partial charge < -0.3 is 18.9 Å². The molecule has 8 nitrogen and oxygen atoms in total. The van der Waals surface area contributed by atoms with E-state index < -0.39 is 12.0 Å². The van der Waals surface area contributed by atoms with E-state index in [1.54, 1.807) is 49.8 Å². The lowest BCUT2D eigenvalue weighted by molar-refractivity contribution is -0.139. The summed E-state index contributed by atoms with van der Waals surface area (Å²) < 4.78 is 23.8. The Labute approximate surface area is 218 Å². The quantitative estimate of drug-likeness (QED) is 0.318. The lowest BCUT2D eigenvalue weighted by atomic mass is 9.95. The topological polar surface area (TPSA) is 88.3 Å². The van der Waals surface area contributed by atoms with Crippen LogP contribution >= 0.6 is 11.3 Å². The van der Waals surface area contributed by atoms with Gasteiger partial charge in [-0.1, -0.05) is 42.2 Å². The van der Waals surface area contributed by atoms with E-state index in [9.17, 15) is 9.59 Å². The monoisotopic (exact) mass is 520 g/mol. The van der Waals surface area contributed by atoms with E-state index in [0.29, 0.717) is 50.0 Å². The van der Waals surface area contributed by atoms with Gasteiger partial charge in [0, 0.05) is 0 Å². The molecule has 0 radical (unpaired) electrons. The van der Waals surface area contributed by atoms with Crippen LogP contribution in [0.2, 0.25) is 0 Å².